The maximum Gasteiger partial charge on any atom is 0.372 e. The number of H-pyrrole nitrogens is 1. The number of fused-ring (bicyclic) bond motifs is 3. The number of anilines is 2. The van der Waals surface area contributed by atoms with Crippen LogP contribution in [0.3, 0.4) is 0 Å². The topological polar surface area (TPSA) is 158 Å². The highest BCUT2D eigenvalue weighted by Crippen LogP contribution is 2.34. The quantitative estimate of drug-likeness (QED) is 0.273. The van der Waals surface area contributed by atoms with Crippen molar-refractivity contribution in [2.45, 2.75) is 32.4 Å². The Hall–Kier alpha value is -3.54. The lowest BCUT2D eigenvalue weighted by atomic mass is 10.1. The number of aromatic amines is 1. The molecule has 0 saturated heterocycles. The highest BCUT2D eigenvalue weighted by molar-refractivity contribution is 7.18. The number of hydrogen-bond donors (Lipinski definition) is 4. The second-order valence-electron chi connectivity index (χ2n) is 8.41. The highest BCUT2D eigenvalue weighted by Gasteiger charge is 2.23. The van der Waals surface area contributed by atoms with Crippen LogP contribution in [0.2, 0.25) is 0 Å². The van der Waals surface area contributed by atoms with Gasteiger partial charge in [0.15, 0.2) is 0 Å². The van der Waals surface area contributed by atoms with Gasteiger partial charge in [0.05, 0.1) is 5.39 Å². The van der Waals surface area contributed by atoms with E-state index in [9.17, 15) is 19.2 Å². The summed E-state index contributed by atoms with van der Waals surface area (Å²) in [6.07, 6.45) is 2.93. The van der Waals surface area contributed by atoms with Crippen LogP contribution in [0.5, 0.6) is 0 Å². The van der Waals surface area contributed by atoms with Gasteiger partial charge in [0.1, 0.15) is 16.2 Å². The SMILES string of the molecule is CN(C)c1c(NCc2cccc(CN)c2)c(=O)c1=O.Cl.O=C(O)c1nc2sc3c(c2c(=O)[nH]1)CCC3. The summed E-state index contributed by atoms with van der Waals surface area (Å²) < 4.78 is 0. The summed E-state index contributed by atoms with van der Waals surface area (Å²) in [5.74, 6) is -1.48. The molecule has 36 heavy (non-hydrogen) atoms. The van der Waals surface area contributed by atoms with Crippen LogP contribution in [0.1, 0.15) is 38.6 Å². The molecule has 12 heteroatoms. The second-order valence-corrected chi connectivity index (χ2v) is 9.49. The van der Waals surface area contributed by atoms with Gasteiger partial charge >= 0.3 is 5.97 Å². The molecule has 0 radical (unpaired) electrons. The lowest BCUT2D eigenvalue weighted by molar-refractivity contribution is 0.0683. The smallest absolute Gasteiger partial charge is 0.372 e. The molecule has 4 aromatic rings. The van der Waals surface area contributed by atoms with E-state index < -0.39 is 16.8 Å². The van der Waals surface area contributed by atoms with E-state index in [-0.39, 0.29) is 23.8 Å². The van der Waals surface area contributed by atoms with Gasteiger partial charge in [-0.3, -0.25) is 14.4 Å². The number of carbonyl (C=O) groups is 1. The third kappa shape index (κ3) is 5.18. The Morgan fingerprint density at radius 2 is 1.92 bits per heavy atom. The molecule has 1 aliphatic rings. The van der Waals surface area contributed by atoms with Crippen LogP contribution in [0.15, 0.2) is 38.6 Å². The summed E-state index contributed by atoms with van der Waals surface area (Å²) in [6.45, 7) is 0.983. The summed E-state index contributed by atoms with van der Waals surface area (Å²) >= 11 is 1.44. The number of carboxylic acids is 1. The lowest BCUT2D eigenvalue weighted by Crippen LogP contribution is -2.39. The van der Waals surface area contributed by atoms with Crippen LogP contribution in [0.25, 0.3) is 10.2 Å². The Morgan fingerprint density at radius 1 is 1.19 bits per heavy atom. The summed E-state index contributed by atoms with van der Waals surface area (Å²) in [5, 5.41) is 12.4. The Labute approximate surface area is 215 Å². The number of aromatic carboxylic acids is 1. The zero-order chi connectivity index (χ0) is 25.3. The first-order valence-corrected chi connectivity index (χ1v) is 11.8. The van der Waals surface area contributed by atoms with Crippen LogP contribution in [-0.4, -0.2) is 35.1 Å². The Bertz CT molecular complexity index is 1550. The average molecular weight is 532 g/mol. The summed E-state index contributed by atoms with van der Waals surface area (Å²) in [5.41, 5.74) is 8.34. The van der Waals surface area contributed by atoms with E-state index in [2.05, 4.69) is 15.3 Å². The number of hydrogen-bond acceptors (Lipinski definition) is 9. The predicted molar refractivity (Wildman–Crippen MR) is 144 cm³/mol. The summed E-state index contributed by atoms with van der Waals surface area (Å²) in [6, 6.07) is 7.81. The predicted octanol–water partition coefficient (Wildman–Crippen LogP) is 2.01. The molecule has 2 aromatic heterocycles. The minimum absolute atomic E-state index is 0. The van der Waals surface area contributed by atoms with Gasteiger partial charge < -0.3 is 26.0 Å². The van der Waals surface area contributed by atoms with Gasteiger partial charge in [0, 0.05) is 32.1 Å². The van der Waals surface area contributed by atoms with E-state index in [0.717, 1.165) is 36.0 Å². The Kier molecular flexibility index (Phi) is 8.28. The van der Waals surface area contributed by atoms with Crippen molar-refractivity contribution < 1.29 is 9.90 Å². The first-order valence-electron chi connectivity index (χ1n) is 11.0. The molecule has 5 N–H and O–H groups in total. The molecule has 0 bridgehead atoms. The van der Waals surface area contributed by atoms with E-state index >= 15 is 0 Å². The normalized spacial score (nSPS) is 12.0. The minimum Gasteiger partial charge on any atom is -0.475 e. The maximum absolute atomic E-state index is 11.8. The second kappa shape index (κ2) is 11.0. The van der Waals surface area contributed by atoms with Gasteiger partial charge in [-0.25, -0.2) is 9.78 Å². The van der Waals surface area contributed by atoms with Crippen molar-refractivity contribution in [2.24, 2.45) is 5.73 Å². The standard InChI is InChI=1S/C14H17N3O2.C10H8N2O3S.ClH/c1-17(2)12-11(13(18)14(12)19)16-8-10-5-3-4-9(6-10)7-15;13-8-6-4-2-1-3-5(4)16-9(6)12-7(11-8)10(14)15;/h3-6,16H,7-8,15H2,1-2H3;1-3H2,(H,14,15)(H,11,12,13);1H. The molecule has 0 spiro atoms. The number of carboxylic acid groups (broad SMARTS) is 1. The molecule has 2 heterocycles. The number of halogens is 1. The molecular weight excluding hydrogens is 506 g/mol. The molecule has 0 fully saturated rings. The van der Waals surface area contributed by atoms with Crippen molar-refractivity contribution in [3.8, 4) is 0 Å². The van der Waals surface area contributed by atoms with Gasteiger partial charge in [-0.2, -0.15) is 0 Å². The molecule has 0 amide bonds. The van der Waals surface area contributed by atoms with Gasteiger partial charge in [0.25, 0.3) is 16.4 Å². The minimum atomic E-state index is -1.20. The van der Waals surface area contributed by atoms with Crippen molar-refractivity contribution in [2.75, 3.05) is 24.3 Å². The van der Waals surface area contributed by atoms with Crippen LogP contribution in [0.4, 0.5) is 11.4 Å². The highest BCUT2D eigenvalue weighted by atomic mass is 35.5. The third-order valence-electron chi connectivity index (χ3n) is 5.81. The van der Waals surface area contributed by atoms with Gasteiger partial charge in [-0.1, -0.05) is 24.3 Å². The molecule has 0 aliphatic heterocycles. The summed E-state index contributed by atoms with van der Waals surface area (Å²) in [7, 11) is 3.49. The molecule has 10 nitrogen and oxygen atoms in total. The number of nitrogens with zero attached hydrogens (tertiary/aromatic N) is 2. The zero-order valence-electron chi connectivity index (χ0n) is 19.7. The van der Waals surface area contributed by atoms with E-state index in [1.54, 1.807) is 19.0 Å². The van der Waals surface area contributed by atoms with Gasteiger partial charge in [-0.05, 0) is 36.0 Å². The fourth-order valence-electron chi connectivity index (χ4n) is 4.13. The largest absolute Gasteiger partial charge is 0.475 e. The van der Waals surface area contributed by atoms with Crippen molar-refractivity contribution in [1.82, 2.24) is 9.97 Å². The van der Waals surface area contributed by atoms with Gasteiger partial charge in [0.2, 0.25) is 5.82 Å². The molecule has 2 aromatic carbocycles. The zero-order valence-corrected chi connectivity index (χ0v) is 21.3. The van der Waals surface area contributed by atoms with E-state index in [1.165, 1.54) is 16.2 Å². The van der Waals surface area contributed by atoms with Crippen molar-refractivity contribution >= 4 is 51.3 Å². The molecule has 0 saturated carbocycles. The monoisotopic (exact) mass is 531 g/mol. The third-order valence-corrected chi connectivity index (χ3v) is 6.99. The molecule has 0 atom stereocenters. The van der Waals surface area contributed by atoms with Crippen molar-refractivity contribution in [3.63, 3.8) is 0 Å². The van der Waals surface area contributed by atoms with Crippen LogP contribution < -0.4 is 32.4 Å². The Morgan fingerprint density at radius 3 is 2.58 bits per heavy atom. The molecule has 5 rings (SSSR count). The first-order chi connectivity index (χ1) is 16.7. The number of aryl methyl sites for hydroxylation is 2. The fourth-order valence-corrected chi connectivity index (χ4v) is 5.39. The Balaban J connectivity index is 0.000000197. The van der Waals surface area contributed by atoms with E-state index in [0.29, 0.717) is 34.7 Å². The van der Waals surface area contributed by atoms with Crippen molar-refractivity contribution in [3.05, 3.63) is 82.5 Å². The van der Waals surface area contributed by atoms with E-state index in [4.69, 9.17) is 10.8 Å². The molecule has 0 unspecified atom stereocenters. The average Bonchev–Trinajstić information content (AvgIpc) is 3.42. The van der Waals surface area contributed by atoms with Crippen molar-refractivity contribution in [1.29, 1.82) is 0 Å². The fraction of sp³-hybridized carbons (Fsp3) is 0.292. The molecule has 190 valence electrons. The maximum atomic E-state index is 11.8. The lowest BCUT2D eigenvalue weighted by Gasteiger charge is -2.19. The van der Waals surface area contributed by atoms with E-state index in [1.807, 2.05) is 24.3 Å². The summed E-state index contributed by atoms with van der Waals surface area (Å²) in [4.78, 5) is 55.1. The van der Waals surface area contributed by atoms with Gasteiger partial charge in [-0.15, -0.1) is 23.7 Å². The number of rotatable bonds is 6. The molecular formula is C24H26ClN5O5S. The number of benzene rings is 1. The van der Waals surface area contributed by atoms with Crippen LogP contribution in [-0.2, 0) is 25.9 Å². The number of nitrogens with one attached hydrogen (secondary N) is 2. The number of nitrogens with two attached hydrogens (primary N) is 1. The number of aromatic nitrogens is 2. The van der Waals surface area contributed by atoms with Crippen LogP contribution >= 0.6 is 23.7 Å². The molecule has 1 aliphatic carbocycles. The first kappa shape index (κ1) is 27.1. The number of thiophene rings is 1. The van der Waals surface area contributed by atoms with Crippen LogP contribution in [0, 0.1) is 0 Å².